The molecule has 1 N–H and O–H groups in total. The van der Waals surface area contributed by atoms with Crippen molar-refractivity contribution in [2.75, 3.05) is 24.5 Å². The second-order valence-corrected chi connectivity index (χ2v) is 7.73. The molecule has 0 unspecified atom stereocenters. The lowest BCUT2D eigenvalue weighted by atomic mass is 9.90. The van der Waals surface area contributed by atoms with Crippen molar-refractivity contribution in [2.45, 2.75) is 38.5 Å². The fourth-order valence-electron chi connectivity index (χ4n) is 4.28. The van der Waals surface area contributed by atoms with Crippen LogP contribution in [-0.2, 0) is 24.1 Å². The van der Waals surface area contributed by atoms with Crippen molar-refractivity contribution < 1.29 is 4.79 Å². The van der Waals surface area contributed by atoms with E-state index >= 15 is 0 Å². The molecule has 136 valence electrons. The van der Waals surface area contributed by atoms with Crippen LogP contribution in [0.5, 0.6) is 0 Å². The molecule has 0 bridgehead atoms. The van der Waals surface area contributed by atoms with Gasteiger partial charge in [-0.25, -0.2) is 0 Å². The zero-order valence-corrected chi connectivity index (χ0v) is 15.4. The topological polar surface area (TPSA) is 32.3 Å². The lowest BCUT2D eigenvalue weighted by Gasteiger charge is -2.19. The molecular formula is C23H28N2O. The van der Waals surface area contributed by atoms with E-state index in [4.69, 9.17) is 0 Å². The summed E-state index contributed by atoms with van der Waals surface area (Å²) in [5, 5.41) is 3.16. The number of para-hydroxylation sites is 1. The van der Waals surface area contributed by atoms with Gasteiger partial charge in [-0.05, 0) is 66.8 Å². The highest BCUT2D eigenvalue weighted by atomic mass is 16.1. The minimum absolute atomic E-state index is 0.152. The van der Waals surface area contributed by atoms with E-state index in [-0.39, 0.29) is 5.91 Å². The Hall–Kier alpha value is -2.29. The number of anilines is 1. The molecule has 1 saturated heterocycles. The third-order valence-electron chi connectivity index (χ3n) is 5.77. The largest absolute Gasteiger partial charge is 0.371 e. The second kappa shape index (κ2) is 7.94. The summed E-state index contributed by atoms with van der Waals surface area (Å²) in [5.74, 6) is 0.696. The van der Waals surface area contributed by atoms with E-state index in [0.717, 1.165) is 31.6 Å². The van der Waals surface area contributed by atoms with E-state index in [1.165, 1.54) is 42.5 Å². The Balaban J connectivity index is 1.26. The van der Waals surface area contributed by atoms with Gasteiger partial charge in [0.05, 0.1) is 6.42 Å². The van der Waals surface area contributed by atoms with E-state index in [1.807, 2.05) is 0 Å². The molecule has 1 amide bonds. The van der Waals surface area contributed by atoms with Gasteiger partial charge in [-0.1, -0.05) is 36.4 Å². The molecule has 1 fully saturated rings. The zero-order chi connectivity index (χ0) is 17.8. The van der Waals surface area contributed by atoms with Crippen LogP contribution in [0.25, 0.3) is 0 Å². The monoisotopic (exact) mass is 348 g/mol. The van der Waals surface area contributed by atoms with Crippen LogP contribution in [0.4, 0.5) is 5.69 Å². The molecule has 2 aliphatic rings. The predicted octanol–water partition coefficient (Wildman–Crippen LogP) is 3.75. The number of hydrogen-bond acceptors (Lipinski definition) is 2. The molecule has 0 spiro atoms. The third-order valence-corrected chi connectivity index (χ3v) is 5.77. The summed E-state index contributed by atoms with van der Waals surface area (Å²) in [4.78, 5) is 14.8. The minimum Gasteiger partial charge on any atom is -0.371 e. The van der Waals surface area contributed by atoms with Gasteiger partial charge in [0.25, 0.3) is 0 Å². The van der Waals surface area contributed by atoms with Crippen LogP contribution in [0.15, 0.2) is 48.5 Å². The highest BCUT2D eigenvalue weighted by molar-refractivity contribution is 5.78. The zero-order valence-electron chi connectivity index (χ0n) is 15.4. The van der Waals surface area contributed by atoms with Gasteiger partial charge in [0.15, 0.2) is 0 Å². The normalized spacial score (nSPS) is 19.2. The number of amides is 1. The maximum Gasteiger partial charge on any atom is 0.224 e. The molecule has 2 aromatic carbocycles. The van der Waals surface area contributed by atoms with Gasteiger partial charge in [-0.15, -0.1) is 0 Å². The number of carbonyl (C=O) groups excluding carboxylic acids is 1. The minimum atomic E-state index is 0.152. The Morgan fingerprint density at radius 2 is 1.85 bits per heavy atom. The van der Waals surface area contributed by atoms with Crippen molar-refractivity contribution in [3.63, 3.8) is 0 Å². The summed E-state index contributed by atoms with van der Waals surface area (Å²) < 4.78 is 0. The van der Waals surface area contributed by atoms with Crippen molar-refractivity contribution in [2.24, 2.45) is 5.92 Å². The molecule has 0 radical (unpaired) electrons. The highest BCUT2D eigenvalue weighted by Gasteiger charge is 2.23. The van der Waals surface area contributed by atoms with Gasteiger partial charge in [0.1, 0.15) is 0 Å². The Morgan fingerprint density at radius 3 is 2.69 bits per heavy atom. The summed E-state index contributed by atoms with van der Waals surface area (Å²) in [6.45, 7) is 2.89. The number of fused-ring (bicyclic) bond motifs is 1. The van der Waals surface area contributed by atoms with Crippen molar-refractivity contribution in [1.82, 2.24) is 5.32 Å². The van der Waals surface area contributed by atoms with E-state index in [1.54, 1.807) is 0 Å². The first-order chi connectivity index (χ1) is 12.8. The van der Waals surface area contributed by atoms with Crippen LogP contribution in [0, 0.1) is 5.92 Å². The molecule has 1 aliphatic heterocycles. The van der Waals surface area contributed by atoms with Crippen LogP contribution >= 0.6 is 0 Å². The molecule has 2 aromatic rings. The van der Waals surface area contributed by atoms with Crippen LogP contribution in [0.1, 0.15) is 36.0 Å². The number of rotatable bonds is 5. The van der Waals surface area contributed by atoms with Gasteiger partial charge in [0, 0.05) is 25.3 Å². The molecule has 26 heavy (non-hydrogen) atoms. The van der Waals surface area contributed by atoms with Gasteiger partial charge in [-0.2, -0.15) is 0 Å². The average Bonchev–Trinajstić information content (AvgIpc) is 3.16. The first-order valence-electron chi connectivity index (χ1n) is 9.95. The van der Waals surface area contributed by atoms with Gasteiger partial charge in [-0.3, -0.25) is 4.79 Å². The van der Waals surface area contributed by atoms with Crippen LogP contribution in [0.3, 0.4) is 0 Å². The SMILES string of the molecule is O=C(Cc1ccc2c(c1)CCCC2)NC[C@H]1CCN(c2ccccc2)C1. The van der Waals surface area contributed by atoms with Crippen molar-refractivity contribution in [1.29, 1.82) is 0 Å². The van der Waals surface area contributed by atoms with E-state index in [9.17, 15) is 4.79 Å². The second-order valence-electron chi connectivity index (χ2n) is 7.73. The number of aryl methyl sites for hydroxylation is 2. The standard InChI is InChI=1S/C23H28N2O/c26-23(15-18-10-11-20-6-4-5-7-21(20)14-18)24-16-19-12-13-25(17-19)22-8-2-1-3-9-22/h1-3,8-11,14,19H,4-7,12-13,15-17H2,(H,24,26)/t19-/m1/s1. The quantitative estimate of drug-likeness (QED) is 0.892. The first kappa shape index (κ1) is 17.1. The molecule has 1 aliphatic carbocycles. The summed E-state index contributed by atoms with van der Waals surface area (Å²) >= 11 is 0. The number of hydrogen-bond donors (Lipinski definition) is 1. The van der Waals surface area contributed by atoms with Crippen LogP contribution < -0.4 is 10.2 Å². The highest BCUT2D eigenvalue weighted by Crippen LogP contribution is 2.24. The number of carbonyl (C=O) groups is 1. The van der Waals surface area contributed by atoms with Crippen molar-refractivity contribution in [3.8, 4) is 0 Å². The molecule has 0 saturated carbocycles. The van der Waals surface area contributed by atoms with Crippen LogP contribution in [-0.4, -0.2) is 25.5 Å². The molecule has 1 heterocycles. The molecule has 4 rings (SSSR count). The van der Waals surface area contributed by atoms with Gasteiger partial charge in [0.2, 0.25) is 5.91 Å². The number of nitrogens with zero attached hydrogens (tertiary/aromatic N) is 1. The van der Waals surface area contributed by atoms with Gasteiger partial charge < -0.3 is 10.2 Å². The third kappa shape index (κ3) is 4.09. The first-order valence-corrected chi connectivity index (χ1v) is 9.95. The van der Waals surface area contributed by atoms with Crippen molar-refractivity contribution in [3.05, 3.63) is 65.2 Å². The molecule has 1 atom stereocenters. The molecule has 3 nitrogen and oxygen atoms in total. The number of nitrogens with one attached hydrogen (secondary N) is 1. The molecule has 0 aromatic heterocycles. The number of benzene rings is 2. The van der Waals surface area contributed by atoms with E-state index in [2.05, 4.69) is 58.7 Å². The predicted molar refractivity (Wildman–Crippen MR) is 107 cm³/mol. The lowest BCUT2D eigenvalue weighted by Crippen LogP contribution is -2.32. The van der Waals surface area contributed by atoms with E-state index < -0.39 is 0 Å². The van der Waals surface area contributed by atoms with E-state index in [0.29, 0.717) is 12.3 Å². The Labute approximate surface area is 156 Å². The smallest absolute Gasteiger partial charge is 0.224 e. The maximum absolute atomic E-state index is 12.4. The fraction of sp³-hybridized carbons (Fsp3) is 0.435. The molecule has 3 heteroatoms. The molecular weight excluding hydrogens is 320 g/mol. The fourth-order valence-corrected chi connectivity index (χ4v) is 4.28. The Kier molecular flexibility index (Phi) is 5.24. The Bertz CT molecular complexity index is 756. The summed E-state index contributed by atoms with van der Waals surface area (Å²) in [6, 6.07) is 17.2. The average molecular weight is 348 g/mol. The van der Waals surface area contributed by atoms with Crippen molar-refractivity contribution >= 4 is 11.6 Å². The lowest BCUT2D eigenvalue weighted by molar-refractivity contribution is -0.120. The van der Waals surface area contributed by atoms with Gasteiger partial charge >= 0.3 is 0 Å². The summed E-state index contributed by atoms with van der Waals surface area (Å²) in [5.41, 5.74) is 5.37. The Morgan fingerprint density at radius 1 is 1.04 bits per heavy atom. The van der Waals surface area contributed by atoms with Crippen LogP contribution in [0.2, 0.25) is 0 Å². The maximum atomic E-state index is 12.4. The summed E-state index contributed by atoms with van der Waals surface area (Å²) in [6.07, 6.45) is 6.59. The summed E-state index contributed by atoms with van der Waals surface area (Å²) in [7, 11) is 0.